The molecule has 0 aliphatic heterocycles. The molecule has 0 saturated heterocycles. The molecule has 0 atom stereocenters. The lowest BCUT2D eigenvalue weighted by Crippen LogP contribution is -2.20. The standard InChI is InChI=1S/C9H6F5NO3/c1-17-5-2-4(3-16)6(7(10)11)8(15-5)18-9(12,13)14/h2-3,7H,1H3. The maximum atomic E-state index is 12.6. The van der Waals surface area contributed by atoms with Gasteiger partial charge in [0.15, 0.2) is 6.29 Å². The van der Waals surface area contributed by atoms with Gasteiger partial charge in [-0.2, -0.15) is 4.98 Å². The van der Waals surface area contributed by atoms with Gasteiger partial charge in [0.05, 0.1) is 12.7 Å². The van der Waals surface area contributed by atoms with Crippen LogP contribution in [0.2, 0.25) is 0 Å². The number of alkyl halides is 5. The second kappa shape index (κ2) is 5.15. The van der Waals surface area contributed by atoms with Gasteiger partial charge >= 0.3 is 6.36 Å². The molecule has 0 saturated carbocycles. The minimum Gasteiger partial charge on any atom is -0.481 e. The van der Waals surface area contributed by atoms with Crippen LogP contribution in [0.1, 0.15) is 22.3 Å². The van der Waals surface area contributed by atoms with E-state index in [0.29, 0.717) is 0 Å². The van der Waals surface area contributed by atoms with E-state index in [1.807, 2.05) is 0 Å². The number of rotatable bonds is 4. The summed E-state index contributed by atoms with van der Waals surface area (Å²) in [6, 6.07) is 0.789. The fraction of sp³-hybridized carbons (Fsp3) is 0.333. The van der Waals surface area contributed by atoms with Crippen molar-refractivity contribution < 1.29 is 36.2 Å². The Morgan fingerprint density at radius 3 is 2.39 bits per heavy atom. The van der Waals surface area contributed by atoms with Crippen molar-refractivity contribution in [2.75, 3.05) is 7.11 Å². The van der Waals surface area contributed by atoms with Crippen molar-refractivity contribution in [1.82, 2.24) is 4.98 Å². The number of carbonyl (C=O) groups is 1. The van der Waals surface area contributed by atoms with Crippen molar-refractivity contribution >= 4 is 6.29 Å². The first-order valence-electron chi connectivity index (χ1n) is 4.36. The van der Waals surface area contributed by atoms with E-state index in [1.165, 1.54) is 0 Å². The van der Waals surface area contributed by atoms with E-state index >= 15 is 0 Å². The van der Waals surface area contributed by atoms with Crippen LogP contribution in [0.25, 0.3) is 0 Å². The van der Waals surface area contributed by atoms with Crippen molar-refractivity contribution in [2.45, 2.75) is 12.8 Å². The Bertz CT molecular complexity index is 447. The predicted octanol–water partition coefficient (Wildman–Crippen LogP) is 2.74. The highest BCUT2D eigenvalue weighted by Gasteiger charge is 2.35. The molecule has 1 aromatic rings. The van der Waals surface area contributed by atoms with Crippen molar-refractivity contribution in [3.8, 4) is 11.8 Å². The van der Waals surface area contributed by atoms with Crippen molar-refractivity contribution in [2.24, 2.45) is 0 Å². The number of hydrogen-bond donors (Lipinski definition) is 0. The highest BCUT2D eigenvalue weighted by molar-refractivity contribution is 5.79. The van der Waals surface area contributed by atoms with E-state index in [2.05, 4.69) is 14.5 Å². The normalized spacial score (nSPS) is 11.5. The maximum absolute atomic E-state index is 12.6. The van der Waals surface area contributed by atoms with Gasteiger partial charge in [-0.3, -0.25) is 4.79 Å². The lowest BCUT2D eigenvalue weighted by Gasteiger charge is -2.14. The van der Waals surface area contributed by atoms with E-state index < -0.39 is 35.7 Å². The molecule has 100 valence electrons. The number of ether oxygens (including phenoxy) is 2. The third-order valence-electron chi connectivity index (χ3n) is 1.80. The molecule has 0 radical (unpaired) electrons. The van der Waals surface area contributed by atoms with Crippen LogP contribution >= 0.6 is 0 Å². The Kier molecular flexibility index (Phi) is 4.04. The second-order valence-corrected chi connectivity index (χ2v) is 2.94. The lowest BCUT2D eigenvalue weighted by molar-refractivity contribution is -0.276. The zero-order valence-corrected chi connectivity index (χ0v) is 8.79. The highest BCUT2D eigenvalue weighted by Crippen LogP contribution is 2.35. The molecule has 0 aliphatic rings. The summed E-state index contributed by atoms with van der Waals surface area (Å²) in [7, 11) is 1.05. The van der Waals surface area contributed by atoms with E-state index in [0.717, 1.165) is 13.2 Å². The van der Waals surface area contributed by atoms with Gasteiger partial charge in [0.2, 0.25) is 11.8 Å². The van der Waals surface area contributed by atoms with Gasteiger partial charge in [0, 0.05) is 11.6 Å². The van der Waals surface area contributed by atoms with Gasteiger partial charge in [-0.05, 0) is 0 Å². The summed E-state index contributed by atoms with van der Waals surface area (Å²) in [5, 5.41) is 0. The summed E-state index contributed by atoms with van der Waals surface area (Å²) in [6.45, 7) is 0. The molecule has 0 spiro atoms. The lowest BCUT2D eigenvalue weighted by atomic mass is 10.1. The number of aldehydes is 1. The number of nitrogens with zero attached hydrogens (tertiary/aromatic N) is 1. The molecule has 9 heteroatoms. The number of hydrogen-bond acceptors (Lipinski definition) is 4. The number of halogens is 5. The maximum Gasteiger partial charge on any atom is 0.574 e. The van der Waals surface area contributed by atoms with Gasteiger partial charge < -0.3 is 9.47 Å². The molecule has 4 nitrogen and oxygen atoms in total. The third-order valence-corrected chi connectivity index (χ3v) is 1.80. The molecule has 0 fully saturated rings. The summed E-state index contributed by atoms with van der Waals surface area (Å²) >= 11 is 0. The smallest absolute Gasteiger partial charge is 0.481 e. The number of carbonyl (C=O) groups excluding carboxylic acids is 1. The Morgan fingerprint density at radius 2 is 2.00 bits per heavy atom. The summed E-state index contributed by atoms with van der Waals surface area (Å²) in [4.78, 5) is 13.7. The fourth-order valence-electron chi connectivity index (χ4n) is 1.14. The van der Waals surface area contributed by atoms with Gasteiger partial charge in [-0.25, -0.2) is 8.78 Å². The van der Waals surface area contributed by atoms with Crippen LogP contribution in [0.15, 0.2) is 6.07 Å². The fourth-order valence-corrected chi connectivity index (χ4v) is 1.14. The molecule has 0 N–H and O–H groups in total. The Hall–Kier alpha value is -1.93. The minimum absolute atomic E-state index is 0.0328. The Labute approximate surface area is 97.3 Å². The molecule has 0 aromatic carbocycles. The monoisotopic (exact) mass is 271 g/mol. The average molecular weight is 271 g/mol. The van der Waals surface area contributed by atoms with Gasteiger partial charge in [0.25, 0.3) is 6.43 Å². The number of pyridine rings is 1. The molecule has 0 aliphatic carbocycles. The van der Waals surface area contributed by atoms with Crippen LogP contribution in [-0.4, -0.2) is 24.7 Å². The molecular weight excluding hydrogens is 265 g/mol. The molecule has 0 bridgehead atoms. The van der Waals surface area contributed by atoms with E-state index in [1.54, 1.807) is 0 Å². The summed E-state index contributed by atoms with van der Waals surface area (Å²) < 4.78 is 69.1. The van der Waals surface area contributed by atoms with Crippen LogP contribution in [0.3, 0.4) is 0 Å². The topological polar surface area (TPSA) is 48.4 Å². The third kappa shape index (κ3) is 3.28. The first-order valence-corrected chi connectivity index (χ1v) is 4.36. The van der Waals surface area contributed by atoms with E-state index in [4.69, 9.17) is 0 Å². The zero-order chi connectivity index (χ0) is 13.9. The zero-order valence-electron chi connectivity index (χ0n) is 8.79. The Balaban J connectivity index is 3.39. The van der Waals surface area contributed by atoms with Crippen LogP contribution in [-0.2, 0) is 0 Å². The molecule has 1 aromatic heterocycles. The summed E-state index contributed by atoms with van der Waals surface area (Å²) in [5.74, 6) is -1.85. The largest absolute Gasteiger partial charge is 0.574 e. The molecule has 1 heterocycles. The summed E-state index contributed by atoms with van der Waals surface area (Å²) in [6.07, 6.45) is -8.58. The first-order chi connectivity index (χ1) is 8.28. The molecule has 18 heavy (non-hydrogen) atoms. The van der Waals surface area contributed by atoms with Gasteiger partial charge in [0.1, 0.15) is 0 Å². The Morgan fingerprint density at radius 1 is 1.39 bits per heavy atom. The molecule has 1 rings (SSSR count). The minimum atomic E-state index is -5.21. The average Bonchev–Trinajstić information content (AvgIpc) is 2.25. The van der Waals surface area contributed by atoms with Gasteiger partial charge in [-0.1, -0.05) is 0 Å². The van der Waals surface area contributed by atoms with Crippen LogP contribution in [0, 0.1) is 0 Å². The van der Waals surface area contributed by atoms with Crippen LogP contribution in [0.5, 0.6) is 11.8 Å². The molecular formula is C9H6F5NO3. The highest BCUT2D eigenvalue weighted by atomic mass is 19.4. The number of methoxy groups -OCH3 is 1. The van der Waals surface area contributed by atoms with Crippen molar-refractivity contribution in [3.63, 3.8) is 0 Å². The van der Waals surface area contributed by atoms with E-state index in [9.17, 15) is 26.7 Å². The molecule has 0 unspecified atom stereocenters. The molecule has 0 amide bonds. The van der Waals surface area contributed by atoms with Crippen LogP contribution in [0.4, 0.5) is 22.0 Å². The predicted molar refractivity (Wildman–Crippen MR) is 47.8 cm³/mol. The first kappa shape index (κ1) is 14.1. The van der Waals surface area contributed by atoms with Gasteiger partial charge in [-0.15, -0.1) is 13.2 Å². The number of aromatic nitrogens is 1. The van der Waals surface area contributed by atoms with Crippen molar-refractivity contribution in [1.29, 1.82) is 0 Å². The quantitative estimate of drug-likeness (QED) is 0.624. The van der Waals surface area contributed by atoms with E-state index in [-0.39, 0.29) is 6.29 Å². The summed E-state index contributed by atoms with van der Waals surface area (Å²) in [5.41, 5.74) is -1.92. The second-order valence-electron chi connectivity index (χ2n) is 2.94. The van der Waals surface area contributed by atoms with Crippen molar-refractivity contribution in [3.05, 3.63) is 17.2 Å². The van der Waals surface area contributed by atoms with Crippen LogP contribution < -0.4 is 9.47 Å². The SMILES string of the molecule is COc1cc(C=O)c(C(F)F)c(OC(F)(F)F)n1.